The highest BCUT2D eigenvalue weighted by molar-refractivity contribution is 5.19. The minimum absolute atomic E-state index is 0.0944. The summed E-state index contributed by atoms with van der Waals surface area (Å²) >= 11 is 0. The molecular formula is C13H18FN. The van der Waals surface area contributed by atoms with Crippen LogP contribution in [0.2, 0.25) is 0 Å². The highest BCUT2D eigenvalue weighted by atomic mass is 19.1. The second-order valence-electron chi connectivity index (χ2n) is 5.26. The van der Waals surface area contributed by atoms with Gasteiger partial charge in [-0.05, 0) is 35.8 Å². The molecule has 0 saturated heterocycles. The quantitative estimate of drug-likeness (QED) is 0.810. The molecule has 0 aliphatic heterocycles. The summed E-state index contributed by atoms with van der Waals surface area (Å²) in [6.45, 7) is 4.44. The Kier molecular flexibility index (Phi) is 2.55. The number of benzene rings is 1. The second kappa shape index (κ2) is 3.60. The van der Waals surface area contributed by atoms with Gasteiger partial charge in [0.05, 0.1) is 0 Å². The van der Waals surface area contributed by atoms with Crippen molar-refractivity contribution in [2.75, 3.05) is 0 Å². The largest absolute Gasteiger partial charge is 0.327 e. The molecule has 1 aliphatic carbocycles. The van der Waals surface area contributed by atoms with Crippen LogP contribution >= 0.6 is 0 Å². The fraction of sp³-hybridized carbons (Fsp3) is 0.538. The molecule has 2 heteroatoms. The van der Waals surface area contributed by atoms with Gasteiger partial charge in [0.1, 0.15) is 5.82 Å². The van der Waals surface area contributed by atoms with E-state index in [1.165, 1.54) is 12.5 Å². The van der Waals surface area contributed by atoms with Crippen LogP contribution in [0.15, 0.2) is 24.3 Å². The summed E-state index contributed by atoms with van der Waals surface area (Å²) in [5, 5.41) is 0. The van der Waals surface area contributed by atoms with E-state index >= 15 is 0 Å². The first-order valence-corrected chi connectivity index (χ1v) is 5.50. The van der Waals surface area contributed by atoms with E-state index in [4.69, 9.17) is 5.73 Å². The molecule has 1 aromatic carbocycles. The Hall–Kier alpha value is -0.890. The minimum atomic E-state index is -0.133. The van der Waals surface area contributed by atoms with Crippen molar-refractivity contribution in [3.8, 4) is 0 Å². The fourth-order valence-corrected chi connectivity index (χ4v) is 2.30. The first-order chi connectivity index (χ1) is 7.00. The van der Waals surface area contributed by atoms with Crippen LogP contribution in [-0.2, 0) is 6.42 Å². The molecule has 0 amide bonds. The molecular weight excluding hydrogens is 189 g/mol. The fourth-order valence-electron chi connectivity index (χ4n) is 2.30. The Bertz CT molecular complexity index is 359. The van der Waals surface area contributed by atoms with Gasteiger partial charge in [0.2, 0.25) is 0 Å². The van der Waals surface area contributed by atoms with E-state index < -0.39 is 0 Å². The van der Waals surface area contributed by atoms with Crippen LogP contribution in [0.3, 0.4) is 0 Å². The van der Waals surface area contributed by atoms with Crippen LogP contribution in [0.1, 0.15) is 25.8 Å². The molecule has 82 valence electrons. The smallest absolute Gasteiger partial charge is 0.126 e. The highest BCUT2D eigenvalue weighted by Crippen LogP contribution is 2.53. The summed E-state index contributed by atoms with van der Waals surface area (Å²) < 4.78 is 13.4. The normalized spacial score (nSPS) is 24.9. The van der Waals surface area contributed by atoms with Crippen LogP contribution in [0.5, 0.6) is 0 Å². The molecule has 0 radical (unpaired) electrons. The zero-order chi connectivity index (χ0) is 11.1. The van der Waals surface area contributed by atoms with Gasteiger partial charge in [-0.1, -0.05) is 32.0 Å². The molecule has 2 unspecified atom stereocenters. The van der Waals surface area contributed by atoms with Crippen molar-refractivity contribution >= 4 is 0 Å². The van der Waals surface area contributed by atoms with Gasteiger partial charge in [0, 0.05) is 6.04 Å². The van der Waals surface area contributed by atoms with Gasteiger partial charge in [-0.3, -0.25) is 0 Å². The minimum Gasteiger partial charge on any atom is -0.327 e. The monoisotopic (exact) mass is 207 g/mol. The molecule has 1 fully saturated rings. The Balaban J connectivity index is 2.01. The summed E-state index contributed by atoms with van der Waals surface area (Å²) in [5.74, 6) is 0.420. The summed E-state index contributed by atoms with van der Waals surface area (Å²) in [4.78, 5) is 0. The standard InChI is InChI=1S/C13H18FN/c1-13(2)8-10(13)12(15)7-9-5-3-4-6-11(9)14/h3-6,10,12H,7-8,15H2,1-2H3. The van der Waals surface area contributed by atoms with Crippen LogP contribution in [0, 0.1) is 17.2 Å². The molecule has 0 heterocycles. The van der Waals surface area contributed by atoms with Gasteiger partial charge in [-0.15, -0.1) is 0 Å². The molecule has 0 aromatic heterocycles. The predicted octanol–water partition coefficient (Wildman–Crippen LogP) is 2.74. The molecule has 2 atom stereocenters. The molecule has 1 aromatic rings. The van der Waals surface area contributed by atoms with Crippen molar-refractivity contribution in [2.24, 2.45) is 17.1 Å². The first-order valence-electron chi connectivity index (χ1n) is 5.50. The zero-order valence-electron chi connectivity index (χ0n) is 9.33. The number of rotatable bonds is 3. The van der Waals surface area contributed by atoms with Crippen LogP contribution in [0.25, 0.3) is 0 Å². The first kappa shape index (κ1) is 10.6. The average Bonchev–Trinajstić information content (AvgIpc) is 2.79. The van der Waals surface area contributed by atoms with Crippen molar-refractivity contribution < 1.29 is 4.39 Å². The van der Waals surface area contributed by atoms with E-state index in [-0.39, 0.29) is 11.9 Å². The van der Waals surface area contributed by atoms with Crippen molar-refractivity contribution in [3.63, 3.8) is 0 Å². The molecule has 0 spiro atoms. The van der Waals surface area contributed by atoms with E-state index in [1.807, 2.05) is 12.1 Å². The van der Waals surface area contributed by atoms with E-state index in [9.17, 15) is 4.39 Å². The van der Waals surface area contributed by atoms with Gasteiger partial charge in [-0.2, -0.15) is 0 Å². The van der Waals surface area contributed by atoms with Crippen molar-refractivity contribution in [3.05, 3.63) is 35.6 Å². The van der Waals surface area contributed by atoms with Crippen molar-refractivity contribution in [1.82, 2.24) is 0 Å². The second-order valence-corrected chi connectivity index (χ2v) is 5.26. The van der Waals surface area contributed by atoms with Gasteiger partial charge in [-0.25, -0.2) is 4.39 Å². The molecule has 2 N–H and O–H groups in total. The number of hydrogen-bond acceptors (Lipinski definition) is 1. The summed E-state index contributed by atoms with van der Waals surface area (Å²) in [7, 11) is 0. The maximum atomic E-state index is 13.4. The SMILES string of the molecule is CC1(C)CC1C(N)Cc1ccccc1F. The Morgan fingerprint density at radius 3 is 2.60 bits per heavy atom. The molecule has 1 aliphatic rings. The molecule has 15 heavy (non-hydrogen) atoms. The third-order valence-corrected chi connectivity index (χ3v) is 3.52. The molecule has 1 nitrogen and oxygen atoms in total. The molecule has 1 saturated carbocycles. The topological polar surface area (TPSA) is 26.0 Å². The lowest BCUT2D eigenvalue weighted by atomic mass is 9.98. The van der Waals surface area contributed by atoms with E-state index in [1.54, 1.807) is 6.07 Å². The highest BCUT2D eigenvalue weighted by Gasteiger charge is 2.48. The third-order valence-electron chi connectivity index (χ3n) is 3.52. The number of halogens is 1. The number of hydrogen-bond donors (Lipinski definition) is 1. The van der Waals surface area contributed by atoms with Gasteiger partial charge in [0.25, 0.3) is 0 Å². The Morgan fingerprint density at radius 1 is 1.47 bits per heavy atom. The van der Waals surface area contributed by atoms with Crippen LogP contribution in [0.4, 0.5) is 4.39 Å². The van der Waals surface area contributed by atoms with E-state index in [2.05, 4.69) is 13.8 Å². The Morgan fingerprint density at radius 2 is 2.07 bits per heavy atom. The maximum Gasteiger partial charge on any atom is 0.126 e. The van der Waals surface area contributed by atoms with Gasteiger partial charge >= 0.3 is 0 Å². The molecule has 0 bridgehead atoms. The summed E-state index contributed by atoms with van der Waals surface area (Å²) in [5.41, 5.74) is 7.20. The van der Waals surface area contributed by atoms with Crippen molar-refractivity contribution in [1.29, 1.82) is 0 Å². The lowest BCUT2D eigenvalue weighted by Gasteiger charge is -2.13. The Labute approximate surface area is 90.5 Å². The lowest BCUT2D eigenvalue weighted by molar-refractivity contribution is 0.469. The summed E-state index contributed by atoms with van der Waals surface area (Å²) in [6, 6.07) is 7.00. The maximum absolute atomic E-state index is 13.4. The average molecular weight is 207 g/mol. The van der Waals surface area contributed by atoms with Gasteiger partial charge < -0.3 is 5.73 Å². The molecule has 2 rings (SSSR count). The number of nitrogens with two attached hydrogens (primary N) is 1. The predicted molar refractivity (Wildman–Crippen MR) is 60.0 cm³/mol. The van der Waals surface area contributed by atoms with Crippen LogP contribution in [-0.4, -0.2) is 6.04 Å². The van der Waals surface area contributed by atoms with E-state index in [0.29, 0.717) is 17.8 Å². The van der Waals surface area contributed by atoms with E-state index in [0.717, 1.165) is 5.56 Å². The third kappa shape index (κ3) is 2.20. The zero-order valence-corrected chi connectivity index (χ0v) is 9.33. The summed E-state index contributed by atoms with van der Waals surface area (Å²) in [6.07, 6.45) is 1.82. The lowest BCUT2D eigenvalue weighted by Crippen LogP contribution is -2.27. The van der Waals surface area contributed by atoms with Gasteiger partial charge in [0.15, 0.2) is 0 Å². The van der Waals surface area contributed by atoms with Crippen molar-refractivity contribution in [2.45, 2.75) is 32.7 Å². The van der Waals surface area contributed by atoms with Crippen LogP contribution < -0.4 is 5.73 Å².